The van der Waals surface area contributed by atoms with E-state index in [2.05, 4.69) is 6.07 Å². The van der Waals surface area contributed by atoms with Crippen LogP contribution in [0.25, 0.3) is 11.0 Å². The van der Waals surface area contributed by atoms with Crippen LogP contribution in [0.1, 0.15) is 50.0 Å². The molecule has 2 heterocycles. The first-order valence-corrected chi connectivity index (χ1v) is 10.9. The third-order valence-corrected chi connectivity index (χ3v) is 5.58. The highest BCUT2D eigenvalue weighted by atomic mass is 16.6. The third kappa shape index (κ3) is 4.95. The van der Waals surface area contributed by atoms with Crippen LogP contribution in [-0.4, -0.2) is 35.8 Å². The molecule has 1 fully saturated rings. The van der Waals surface area contributed by atoms with Crippen LogP contribution < -0.4 is 0 Å². The van der Waals surface area contributed by atoms with Gasteiger partial charge in [-0.3, -0.25) is 0 Å². The van der Waals surface area contributed by atoms with Gasteiger partial charge in [-0.05, 0) is 56.5 Å². The van der Waals surface area contributed by atoms with E-state index in [1.54, 1.807) is 17.2 Å². The Balaban J connectivity index is 1.56. The lowest BCUT2D eigenvalue weighted by molar-refractivity contribution is -0.0119. The summed E-state index contributed by atoms with van der Waals surface area (Å²) in [6.07, 6.45) is 2.24. The molecule has 1 aromatic heterocycles. The molecule has 1 aliphatic rings. The molecule has 2 aromatic carbocycles. The summed E-state index contributed by atoms with van der Waals surface area (Å²) in [6, 6.07) is 17.8. The maximum absolute atomic E-state index is 12.5. The van der Waals surface area contributed by atoms with Crippen molar-refractivity contribution in [3.05, 3.63) is 71.5 Å². The lowest BCUT2D eigenvalue weighted by Crippen LogP contribution is -2.36. The summed E-state index contributed by atoms with van der Waals surface area (Å²) in [6.45, 7) is 6.68. The molecule has 0 aliphatic carbocycles. The van der Waals surface area contributed by atoms with Crippen molar-refractivity contribution in [1.82, 2.24) is 4.90 Å². The number of rotatable bonds is 5. The molecule has 1 aliphatic heterocycles. The first-order valence-electron chi connectivity index (χ1n) is 10.9. The average molecular weight is 433 g/mol. The molecule has 0 saturated carbocycles. The van der Waals surface area contributed by atoms with Crippen LogP contribution in [0.2, 0.25) is 0 Å². The van der Waals surface area contributed by atoms with Gasteiger partial charge in [0.1, 0.15) is 11.2 Å². The van der Waals surface area contributed by atoms with Crippen molar-refractivity contribution in [3.63, 3.8) is 0 Å². The van der Waals surface area contributed by atoms with E-state index in [1.807, 2.05) is 63.2 Å². The Bertz CT molecular complexity index is 1120. The number of fused-ring (bicyclic) bond motifs is 1. The zero-order valence-corrected chi connectivity index (χ0v) is 18.7. The number of furan rings is 1. The van der Waals surface area contributed by atoms with Crippen molar-refractivity contribution in [1.29, 1.82) is 5.26 Å². The molecule has 2 atom stereocenters. The molecule has 0 spiro atoms. The van der Waals surface area contributed by atoms with Crippen molar-refractivity contribution < 1.29 is 18.7 Å². The van der Waals surface area contributed by atoms with Gasteiger partial charge in [-0.2, -0.15) is 5.26 Å². The zero-order chi connectivity index (χ0) is 22.7. The Hall–Kier alpha value is -3.30. The number of benzene rings is 2. The van der Waals surface area contributed by atoms with Gasteiger partial charge in [0, 0.05) is 18.4 Å². The average Bonchev–Trinajstić information content (AvgIpc) is 3.42. The second-order valence-electron chi connectivity index (χ2n) is 9.11. The van der Waals surface area contributed by atoms with Gasteiger partial charge >= 0.3 is 6.09 Å². The Kier molecular flexibility index (Phi) is 6.20. The van der Waals surface area contributed by atoms with Gasteiger partial charge in [0.05, 0.1) is 36.6 Å². The topological polar surface area (TPSA) is 75.7 Å². The number of carbonyl (C=O) groups excluding carboxylic acids is 1. The van der Waals surface area contributed by atoms with Crippen LogP contribution in [0.3, 0.4) is 0 Å². The van der Waals surface area contributed by atoms with Crippen LogP contribution in [0.4, 0.5) is 4.79 Å². The quantitative estimate of drug-likeness (QED) is 0.523. The number of likely N-dealkylation sites (tertiary alicyclic amines) is 1. The molecule has 1 unspecified atom stereocenters. The lowest BCUT2D eigenvalue weighted by Gasteiger charge is -2.26. The molecule has 166 valence electrons. The van der Waals surface area contributed by atoms with Crippen molar-refractivity contribution in [2.24, 2.45) is 0 Å². The summed E-state index contributed by atoms with van der Waals surface area (Å²) in [4.78, 5) is 14.2. The summed E-state index contributed by atoms with van der Waals surface area (Å²) in [5, 5.41) is 10.6. The Morgan fingerprint density at radius 1 is 1.22 bits per heavy atom. The SMILES string of the molecule is CC(C)(C)OC(=O)N1CC[C@H](OC(Cc2c(C#N)ccc3occc23)c2ccccc2)C1. The van der Waals surface area contributed by atoms with Crippen LogP contribution >= 0.6 is 0 Å². The smallest absolute Gasteiger partial charge is 0.410 e. The molecule has 3 aromatic rings. The highest BCUT2D eigenvalue weighted by molar-refractivity contribution is 5.83. The van der Waals surface area contributed by atoms with E-state index in [4.69, 9.17) is 13.9 Å². The molecule has 0 radical (unpaired) electrons. The fourth-order valence-corrected chi connectivity index (χ4v) is 4.09. The molecular formula is C26H28N2O4. The molecule has 6 heteroatoms. The zero-order valence-electron chi connectivity index (χ0n) is 18.7. The van der Waals surface area contributed by atoms with Crippen LogP contribution in [0, 0.1) is 11.3 Å². The summed E-state index contributed by atoms with van der Waals surface area (Å²) >= 11 is 0. The molecule has 32 heavy (non-hydrogen) atoms. The van der Waals surface area contributed by atoms with Gasteiger partial charge < -0.3 is 18.8 Å². The van der Waals surface area contributed by atoms with E-state index in [-0.39, 0.29) is 18.3 Å². The molecule has 0 N–H and O–H groups in total. The lowest BCUT2D eigenvalue weighted by atomic mass is 9.95. The van der Waals surface area contributed by atoms with Crippen molar-refractivity contribution in [2.75, 3.05) is 13.1 Å². The van der Waals surface area contributed by atoms with E-state index >= 15 is 0 Å². The third-order valence-electron chi connectivity index (χ3n) is 5.58. The monoisotopic (exact) mass is 432 g/mol. The summed E-state index contributed by atoms with van der Waals surface area (Å²) in [5.74, 6) is 0. The number of hydrogen-bond donors (Lipinski definition) is 0. The molecule has 4 rings (SSSR count). The maximum Gasteiger partial charge on any atom is 0.410 e. The van der Waals surface area contributed by atoms with E-state index in [9.17, 15) is 10.1 Å². The molecule has 1 saturated heterocycles. The number of carbonyl (C=O) groups is 1. The molecular weight excluding hydrogens is 404 g/mol. The van der Waals surface area contributed by atoms with E-state index < -0.39 is 5.60 Å². The Morgan fingerprint density at radius 3 is 2.72 bits per heavy atom. The van der Waals surface area contributed by atoms with Crippen molar-refractivity contribution in [2.45, 2.75) is 51.4 Å². The highest BCUT2D eigenvalue weighted by Crippen LogP contribution is 2.32. The molecule has 6 nitrogen and oxygen atoms in total. The fraction of sp³-hybridized carbons (Fsp3) is 0.385. The minimum Gasteiger partial charge on any atom is -0.464 e. The van der Waals surface area contributed by atoms with Crippen molar-refractivity contribution >= 4 is 17.1 Å². The largest absolute Gasteiger partial charge is 0.464 e. The summed E-state index contributed by atoms with van der Waals surface area (Å²) in [5.41, 5.74) is 2.79. The predicted molar refractivity (Wildman–Crippen MR) is 121 cm³/mol. The second-order valence-corrected chi connectivity index (χ2v) is 9.11. The Morgan fingerprint density at radius 2 is 2.00 bits per heavy atom. The predicted octanol–water partition coefficient (Wildman–Crippen LogP) is 5.61. The van der Waals surface area contributed by atoms with Gasteiger partial charge in [-0.15, -0.1) is 0 Å². The minimum absolute atomic E-state index is 0.109. The first-order chi connectivity index (χ1) is 15.3. The summed E-state index contributed by atoms with van der Waals surface area (Å²) < 4.78 is 17.6. The maximum atomic E-state index is 12.5. The standard InChI is InChI=1S/C26H28N2O4/c1-26(2,3)32-25(29)28-13-11-20(17-28)31-24(18-7-5-4-6-8-18)15-22-19(16-27)9-10-23-21(22)12-14-30-23/h4-10,12,14,20,24H,11,13,15,17H2,1-3H3/t20-,24?/m0/s1. The molecule has 1 amide bonds. The van der Waals surface area contributed by atoms with Gasteiger partial charge in [-0.25, -0.2) is 4.79 Å². The second kappa shape index (κ2) is 9.05. The van der Waals surface area contributed by atoms with E-state index in [1.165, 1.54) is 0 Å². The first kappa shape index (κ1) is 21.9. The summed E-state index contributed by atoms with van der Waals surface area (Å²) in [7, 11) is 0. The van der Waals surface area contributed by atoms with Crippen molar-refractivity contribution in [3.8, 4) is 6.07 Å². The highest BCUT2D eigenvalue weighted by Gasteiger charge is 2.32. The number of nitrogens with zero attached hydrogens (tertiary/aromatic N) is 2. The number of ether oxygens (including phenoxy) is 2. The van der Waals surface area contributed by atoms with Gasteiger partial charge in [-0.1, -0.05) is 30.3 Å². The molecule has 0 bridgehead atoms. The van der Waals surface area contributed by atoms with Crippen LogP contribution in [0.5, 0.6) is 0 Å². The van der Waals surface area contributed by atoms with Crippen LogP contribution in [-0.2, 0) is 15.9 Å². The normalized spacial score (nSPS) is 17.3. The fourth-order valence-electron chi connectivity index (χ4n) is 4.09. The van der Waals surface area contributed by atoms with Gasteiger partial charge in [0.2, 0.25) is 0 Å². The van der Waals surface area contributed by atoms with Crippen LogP contribution in [0.15, 0.2) is 59.2 Å². The van der Waals surface area contributed by atoms with Gasteiger partial charge in [0.25, 0.3) is 0 Å². The Labute approximate surface area is 188 Å². The van der Waals surface area contributed by atoms with Gasteiger partial charge in [0.15, 0.2) is 0 Å². The number of hydrogen-bond acceptors (Lipinski definition) is 5. The minimum atomic E-state index is -0.528. The van der Waals surface area contributed by atoms with E-state index in [0.29, 0.717) is 25.1 Å². The van der Waals surface area contributed by atoms with E-state index in [0.717, 1.165) is 28.5 Å². The number of amides is 1. The number of nitriles is 1.